The first-order valence-corrected chi connectivity index (χ1v) is 8.58. The molecule has 1 spiro atoms. The minimum absolute atomic E-state index is 0.0258. The Balaban J connectivity index is 1.73. The van der Waals surface area contributed by atoms with Gasteiger partial charge in [-0.2, -0.15) is 11.8 Å². The molecule has 0 aromatic carbocycles. The molecule has 5 heteroatoms. The third kappa shape index (κ3) is 2.52. The fourth-order valence-corrected chi connectivity index (χ4v) is 4.65. The number of hydrogen-bond acceptors (Lipinski definition) is 4. The van der Waals surface area contributed by atoms with E-state index < -0.39 is 0 Å². The molecule has 19 heavy (non-hydrogen) atoms. The number of amides is 1. The van der Waals surface area contributed by atoms with Crippen molar-refractivity contribution in [1.29, 1.82) is 0 Å². The summed E-state index contributed by atoms with van der Waals surface area (Å²) < 4.78 is 12.6. The Morgan fingerprint density at radius 2 is 2.00 bits per heavy atom. The van der Waals surface area contributed by atoms with Crippen molar-refractivity contribution in [3.63, 3.8) is 0 Å². The summed E-state index contributed by atoms with van der Waals surface area (Å²) in [6.07, 6.45) is 8.97. The van der Waals surface area contributed by atoms with Crippen molar-refractivity contribution in [1.82, 2.24) is 5.32 Å². The summed E-state index contributed by atoms with van der Waals surface area (Å²) in [4.78, 5) is 11.4. The second-order valence-electron chi connectivity index (χ2n) is 5.95. The van der Waals surface area contributed by atoms with E-state index in [0.717, 1.165) is 19.3 Å². The molecule has 4 atom stereocenters. The minimum Gasteiger partial charge on any atom is -0.350 e. The van der Waals surface area contributed by atoms with Gasteiger partial charge in [0, 0.05) is 25.0 Å². The molecule has 3 aliphatic rings. The SMILES string of the molecule is CS[C@H]1C[C@@H]2OC3(CCCCC3)O[C@@H]2[C@@H]1NC(C)=O. The molecule has 2 aliphatic carbocycles. The van der Waals surface area contributed by atoms with Crippen molar-refractivity contribution < 1.29 is 14.3 Å². The third-order valence-electron chi connectivity index (χ3n) is 4.59. The average molecular weight is 285 g/mol. The van der Waals surface area contributed by atoms with Gasteiger partial charge in [0.25, 0.3) is 0 Å². The molecule has 1 amide bonds. The highest BCUT2D eigenvalue weighted by Crippen LogP contribution is 2.47. The summed E-state index contributed by atoms with van der Waals surface area (Å²) in [6.45, 7) is 1.58. The van der Waals surface area contributed by atoms with E-state index >= 15 is 0 Å². The molecule has 3 rings (SSSR count). The Bertz CT molecular complexity index is 357. The standard InChI is InChI=1S/C14H23NO3S/c1-9(16)15-12-11(19-2)8-10-13(12)18-14(17-10)6-4-3-5-7-14/h10-13H,3-8H2,1-2H3,(H,15,16)/t10-,11-,12+,13-/m0/s1. The van der Waals surface area contributed by atoms with Gasteiger partial charge in [0.1, 0.15) is 6.10 Å². The van der Waals surface area contributed by atoms with Gasteiger partial charge in [0.2, 0.25) is 5.91 Å². The molecule has 108 valence electrons. The van der Waals surface area contributed by atoms with Crippen molar-refractivity contribution in [3.8, 4) is 0 Å². The highest BCUT2D eigenvalue weighted by molar-refractivity contribution is 7.99. The summed E-state index contributed by atoms with van der Waals surface area (Å²) in [5, 5.41) is 3.47. The summed E-state index contributed by atoms with van der Waals surface area (Å²) >= 11 is 1.80. The van der Waals surface area contributed by atoms with E-state index in [9.17, 15) is 4.79 Å². The number of fused-ring (bicyclic) bond motifs is 1. The van der Waals surface area contributed by atoms with E-state index in [2.05, 4.69) is 11.6 Å². The van der Waals surface area contributed by atoms with Crippen LogP contribution in [0.3, 0.4) is 0 Å². The van der Waals surface area contributed by atoms with E-state index in [1.165, 1.54) is 19.3 Å². The highest BCUT2D eigenvalue weighted by atomic mass is 32.2. The first-order valence-electron chi connectivity index (χ1n) is 7.29. The van der Waals surface area contributed by atoms with Gasteiger partial charge in [0.15, 0.2) is 5.79 Å². The number of ether oxygens (including phenoxy) is 2. The molecule has 0 aromatic heterocycles. The van der Waals surface area contributed by atoms with Crippen molar-refractivity contribution in [2.24, 2.45) is 0 Å². The Morgan fingerprint density at radius 1 is 1.26 bits per heavy atom. The predicted molar refractivity (Wildman–Crippen MR) is 75.1 cm³/mol. The number of hydrogen-bond donors (Lipinski definition) is 1. The van der Waals surface area contributed by atoms with Crippen LogP contribution in [0, 0.1) is 0 Å². The summed E-state index contributed by atoms with van der Waals surface area (Å²) in [5.41, 5.74) is 0. The van der Waals surface area contributed by atoms with Crippen molar-refractivity contribution in [3.05, 3.63) is 0 Å². The van der Waals surface area contributed by atoms with Crippen LogP contribution in [-0.2, 0) is 14.3 Å². The molecule has 2 saturated carbocycles. The second-order valence-corrected chi connectivity index (χ2v) is 7.02. The zero-order valence-electron chi connectivity index (χ0n) is 11.7. The Kier molecular flexibility index (Phi) is 3.80. The van der Waals surface area contributed by atoms with Gasteiger partial charge in [-0.3, -0.25) is 4.79 Å². The Morgan fingerprint density at radius 3 is 2.63 bits per heavy atom. The molecular formula is C14H23NO3S. The zero-order valence-corrected chi connectivity index (χ0v) is 12.5. The highest BCUT2D eigenvalue weighted by Gasteiger charge is 2.56. The van der Waals surface area contributed by atoms with Crippen LogP contribution in [0.15, 0.2) is 0 Å². The molecular weight excluding hydrogens is 262 g/mol. The lowest BCUT2D eigenvalue weighted by atomic mass is 9.94. The fraction of sp³-hybridized carbons (Fsp3) is 0.929. The minimum atomic E-state index is -0.340. The molecule has 1 aliphatic heterocycles. The van der Waals surface area contributed by atoms with Gasteiger partial charge in [-0.15, -0.1) is 0 Å². The fourth-order valence-electron chi connectivity index (χ4n) is 3.75. The monoisotopic (exact) mass is 285 g/mol. The maximum Gasteiger partial charge on any atom is 0.217 e. The normalized spacial score (nSPS) is 40.3. The molecule has 4 nitrogen and oxygen atoms in total. The topological polar surface area (TPSA) is 47.6 Å². The number of thioether (sulfide) groups is 1. The van der Waals surface area contributed by atoms with Gasteiger partial charge in [0.05, 0.1) is 12.1 Å². The molecule has 1 saturated heterocycles. The van der Waals surface area contributed by atoms with Crippen LogP contribution in [0.1, 0.15) is 45.4 Å². The smallest absolute Gasteiger partial charge is 0.217 e. The maximum absolute atomic E-state index is 11.4. The van der Waals surface area contributed by atoms with Gasteiger partial charge in [-0.05, 0) is 25.5 Å². The lowest BCUT2D eigenvalue weighted by molar-refractivity contribution is -0.199. The van der Waals surface area contributed by atoms with Gasteiger partial charge < -0.3 is 14.8 Å². The van der Waals surface area contributed by atoms with Crippen LogP contribution in [0.4, 0.5) is 0 Å². The quantitative estimate of drug-likeness (QED) is 0.844. The number of carbonyl (C=O) groups is 1. The van der Waals surface area contributed by atoms with E-state index in [4.69, 9.17) is 9.47 Å². The van der Waals surface area contributed by atoms with Crippen molar-refractivity contribution in [2.45, 2.75) is 74.7 Å². The van der Waals surface area contributed by atoms with E-state index in [0.29, 0.717) is 5.25 Å². The van der Waals surface area contributed by atoms with E-state index in [1.807, 2.05) is 0 Å². The van der Waals surface area contributed by atoms with Crippen LogP contribution < -0.4 is 5.32 Å². The lowest BCUT2D eigenvalue weighted by Crippen LogP contribution is -2.47. The lowest BCUT2D eigenvalue weighted by Gasteiger charge is -2.34. The molecule has 0 unspecified atom stereocenters. The first kappa shape index (κ1) is 13.7. The number of nitrogens with one attached hydrogen (secondary N) is 1. The zero-order chi connectivity index (χ0) is 13.5. The maximum atomic E-state index is 11.4. The summed E-state index contributed by atoms with van der Waals surface area (Å²) in [5.74, 6) is -0.314. The molecule has 1 N–H and O–H groups in total. The third-order valence-corrected chi connectivity index (χ3v) is 5.68. The molecule has 0 aromatic rings. The molecule has 1 heterocycles. The van der Waals surface area contributed by atoms with Crippen LogP contribution >= 0.6 is 11.8 Å². The Labute approximate surface area is 119 Å². The molecule has 3 fully saturated rings. The van der Waals surface area contributed by atoms with Crippen LogP contribution in [0.5, 0.6) is 0 Å². The molecule has 0 bridgehead atoms. The Hall–Kier alpha value is -0.260. The van der Waals surface area contributed by atoms with Crippen LogP contribution in [0.25, 0.3) is 0 Å². The van der Waals surface area contributed by atoms with Crippen LogP contribution in [0.2, 0.25) is 0 Å². The summed E-state index contributed by atoms with van der Waals surface area (Å²) in [6, 6.07) is 0.0961. The van der Waals surface area contributed by atoms with Crippen molar-refractivity contribution in [2.75, 3.05) is 6.26 Å². The van der Waals surface area contributed by atoms with Gasteiger partial charge >= 0.3 is 0 Å². The van der Waals surface area contributed by atoms with Gasteiger partial charge in [-0.25, -0.2) is 0 Å². The number of rotatable bonds is 2. The average Bonchev–Trinajstić information content (AvgIpc) is 2.86. The van der Waals surface area contributed by atoms with E-state index in [-0.39, 0.29) is 29.9 Å². The predicted octanol–water partition coefficient (Wildman–Crippen LogP) is 2.07. The molecule has 0 radical (unpaired) electrons. The van der Waals surface area contributed by atoms with Crippen molar-refractivity contribution >= 4 is 17.7 Å². The second kappa shape index (κ2) is 5.26. The first-order chi connectivity index (χ1) is 9.13. The summed E-state index contributed by atoms with van der Waals surface area (Å²) in [7, 11) is 0. The largest absolute Gasteiger partial charge is 0.350 e. The van der Waals surface area contributed by atoms with Crippen LogP contribution in [-0.4, -0.2) is 41.4 Å². The number of carbonyl (C=O) groups excluding carboxylic acids is 1. The van der Waals surface area contributed by atoms with E-state index in [1.54, 1.807) is 18.7 Å². The van der Waals surface area contributed by atoms with Gasteiger partial charge in [-0.1, -0.05) is 6.42 Å².